The van der Waals surface area contributed by atoms with Crippen molar-refractivity contribution >= 4 is 23.2 Å². The van der Waals surface area contributed by atoms with Crippen molar-refractivity contribution in [3.8, 4) is 11.6 Å². The summed E-state index contributed by atoms with van der Waals surface area (Å²) >= 11 is 0. The van der Waals surface area contributed by atoms with Crippen molar-refractivity contribution in [2.24, 2.45) is 0 Å². The molecule has 0 radical (unpaired) electrons. The zero-order valence-electron chi connectivity index (χ0n) is 13.8. The van der Waals surface area contributed by atoms with E-state index in [-0.39, 0.29) is 0 Å². The van der Waals surface area contributed by atoms with Crippen molar-refractivity contribution in [3.05, 3.63) is 84.3 Å². The third kappa shape index (κ3) is 3.02. The quantitative estimate of drug-likeness (QED) is 0.550. The number of ether oxygens (including phenoxy) is 1. The molecule has 4 nitrogen and oxygen atoms in total. The number of benzene rings is 2. The molecule has 0 bridgehead atoms. The Labute approximate surface area is 146 Å². The van der Waals surface area contributed by atoms with Gasteiger partial charge in [0.2, 0.25) is 0 Å². The zero-order valence-corrected chi connectivity index (χ0v) is 13.8. The molecule has 0 atom stereocenters. The average Bonchev–Trinajstić information content (AvgIpc) is 3.06. The van der Waals surface area contributed by atoms with Gasteiger partial charge in [0, 0.05) is 6.20 Å². The number of pyridine rings is 1. The Morgan fingerprint density at radius 3 is 2.44 bits per heavy atom. The van der Waals surface area contributed by atoms with Gasteiger partial charge in [-0.1, -0.05) is 36.4 Å². The predicted octanol–water partition coefficient (Wildman–Crippen LogP) is 4.60. The summed E-state index contributed by atoms with van der Waals surface area (Å²) in [4.78, 5) is 9.23. The molecule has 2 aromatic heterocycles. The first-order valence-electron chi connectivity index (χ1n) is 8.06. The fraction of sp³-hybridized carbons (Fsp3) is 0.0476. The van der Waals surface area contributed by atoms with Crippen LogP contribution in [0, 0.1) is 0 Å². The Morgan fingerprint density at radius 1 is 0.880 bits per heavy atom. The Bertz CT molecular complexity index is 1020. The van der Waals surface area contributed by atoms with Gasteiger partial charge in [0.25, 0.3) is 0 Å². The number of hydrogen-bond acceptors (Lipinski definition) is 3. The van der Waals surface area contributed by atoms with Gasteiger partial charge in [0.15, 0.2) is 0 Å². The van der Waals surface area contributed by atoms with Crippen LogP contribution in [-0.2, 0) is 0 Å². The maximum absolute atomic E-state index is 5.20. The highest BCUT2D eigenvalue weighted by Crippen LogP contribution is 2.22. The number of imidazole rings is 1. The van der Waals surface area contributed by atoms with Crippen molar-refractivity contribution in [2.45, 2.75) is 0 Å². The fourth-order valence-electron chi connectivity index (χ4n) is 2.77. The van der Waals surface area contributed by atoms with Gasteiger partial charge in [0.05, 0.1) is 18.1 Å². The van der Waals surface area contributed by atoms with Crippen LogP contribution in [0.1, 0.15) is 11.4 Å². The van der Waals surface area contributed by atoms with Crippen LogP contribution >= 0.6 is 0 Å². The first-order valence-corrected chi connectivity index (χ1v) is 8.06. The Kier molecular flexibility index (Phi) is 4.01. The third-order valence-corrected chi connectivity index (χ3v) is 4.01. The van der Waals surface area contributed by atoms with Crippen LogP contribution in [0.3, 0.4) is 0 Å². The molecule has 0 fully saturated rings. The van der Waals surface area contributed by atoms with Crippen LogP contribution < -0.4 is 4.74 Å². The van der Waals surface area contributed by atoms with E-state index in [1.54, 1.807) is 13.3 Å². The lowest BCUT2D eigenvalue weighted by Crippen LogP contribution is -1.99. The SMILES string of the molecule is COc1ccc(/C=C/c2nc3ccccc3n2-c2ccccn2)cc1. The summed E-state index contributed by atoms with van der Waals surface area (Å²) in [7, 11) is 1.67. The largest absolute Gasteiger partial charge is 0.497 e. The molecule has 0 saturated carbocycles. The molecule has 0 unspecified atom stereocenters. The summed E-state index contributed by atoms with van der Waals surface area (Å²) in [5.74, 6) is 2.54. The van der Waals surface area contributed by atoms with Crippen LogP contribution in [0.2, 0.25) is 0 Å². The summed E-state index contributed by atoms with van der Waals surface area (Å²) in [5.41, 5.74) is 3.07. The highest BCUT2D eigenvalue weighted by atomic mass is 16.5. The van der Waals surface area contributed by atoms with E-state index in [1.807, 2.05) is 72.8 Å². The van der Waals surface area contributed by atoms with E-state index >= 15 is 0 Å². The molecule has 0 saturated heterocycles. The molecule has 0 N–H and O–H groups in total. The van der Waals surface area contributed by atoms with E-state index in [0.717, 1.165) is 34.0 Å². The summed E-state index contributed by atoms with van der Waals surface area (Å²) in [5, 5.41) is 0. The molecule has 0 amide bonds. The lowest BCUT2D eigenvalue weighted by Gasteiger charge is -2.05. The van der Waals surface area contributed by atoms with E-state index in [1.165, 1.54) is 0 Å². The highest BCUT2D eigenvalue weighted by Gasteiger charge is 2.10. The summed E-state index contributed by atoms with van der Waals surface area (Å²) in [6, 6.07) is 21.9. The molecule has 4 aromatic rings. The van der Waals surface area contributed by atoms with Gasteiger partial charge >= 0.3 is 0 Å². The predicted molar refractivity (Wildman–Crippen MR) is 101 cm³/mol. The summed E-state index contributed by atoms with van der Waals surface area (Å²) in [6.45, 7) is 0. The molecular weight excluding hydrogens is 310 g/mol. The topological polar surface area (TPSA) is 39.9 Å². The maximum Gasteiger partial charge on any atom is 0.139 e. The van der Waals surface area contributed by atoms with Gasteiger partial charge in [-0.05, 0) is 48.0 Å². The molecule has 0 spiro atoms. The molecule has 0 aliphatic carbocycles. The van der Waals surface area contributed by atoms with Gasteiger partial charge in [-0.2, -0.15) is 0 Å². The number of fused-ring (bicyclic) bond motifs is 1. The van der Waals surface area contributed by atoms with Crippen molar-refractivity contribution in [1.29, 1.82) is 0 Å². The second-order valence-electron chi connectivity index (χ2n) is 5.59. The van der Waals surface area contributed by atoms with E-state index in [2.05, 4.69) is 15.6 Å². The first-order chi connectivity index (χ1) is 12.3. The molecule has 2 aromatic carbocycles. The van der Waals surface area contributed by atoms with E-state index in [0.29, 0.717) is 0 Å². The normalized spacial score (nSPS) is 11.2. The third-order valence-electron chi connectivity index (χ3n) is 4.01. The summed E-state index contributed by atoms with van der Waals surface area (Å²) < 4.78 is 7.26. The number of methoxy groups -OCH3 is 1. The van der Waals surface area contributed by atoms with Gasteiger partial charge in [-0.3, -0.25) is 4.57 Å². The Balaban J connectivity index is 1.79. The minimum Gasteiger partial charge on any atom is -0.497 e. The summed E-state index contributed by atoms with van der Waals surface area (Å²) in [6.07, 6.45) is 5.84. The standard InChI is InChI=1S/C21H17N3O/c1-25-17-12-9-16(10-13-17)11-14-21-23-18-6-2-3-7-19(18)24(21)20-8-4-5-15-22-20/h2-15H,1H3/b14-11+. The number of rotatable bonds is 4. The number of nitrogens with zero attached hydrogens (tertiary/aromatic N) is 3. The zero-order chi connectivity index (χ0) is 17.1. The number of para-hydroxylation sites is 2. The molecule has 25 heavy (non-hydrogen) atoms. The number of aromatic nitrogens is 3. The lowest BCUT2D eigenvalue weighted by atomic mass is 10.2. The van der Waals surface area contributed by atoms with Crippen molar-refractivity contribution in [1.82, 2.24) is 14.5 Å². The molecule has 122 valence electrons. The molecular formula is C21H17N3O. The van der Waals surface area contributed by atoms with Gasteiger partial charge in [-0.15, -0.1) is 0 Å². The molecule has 4 heteroatoms. The van der Waals surface area contributed by atoms with Crippen LogP contribution in [0.15, 0.2) is 72.9 Å². The van der Waals surface area contributed by atoms with Crippen LogP contribution in [0.4, 0.5) is 0 Å². The fourth-order valence-corrected chi connectivity index (χ4v) is 2.77. The minimum absolute atomic E-state index is 0.843. The van der Waals surface area contributed by atoms with Gasteiger partial charge in [0.1, 0.15) is 17.4 Å². The van der Waals surface area contributed by atoms with E-state index < -0.39 is 0 Å². The van der Waals surface area contributed by atoms with Crippen LogP contribution in [0.25, 0.3) is 29.0 Å². The average molecular weight is 327 g/mol. The van der Waals surface area contributed by atoms with Gasteiger partial charge < -0.3 is 4.74 Å². The number of hydrogen-bond donors (Lipinski definition) is 0. The van der Waals surface area contributed by atoms with Crippen molar-refractivity contribution < 1.29 is 4.74 Å². The Morgan fingerprint density at radius 2 is 1.68 bits per heavy atom. The monoisotopic (exact) mass is 327 g/mol. The Hall–Kier alpha value is -3.40. The van der Waals surface area contributed by atoms with Crippen molar-refractivity contribution in [3.63, 3.8) is 0 Å². The van der Waals surface area contributed by atoms with E-state index in [4.69, 9.17) is 9.72 Å². The molecule has 0 aliphatic rings. The first kappa shape index (κ1) is 15.1. The van der Waals surface area contributed by atoms with Crippen LogP contribution in [-0.4, -0.2) is 21.6 Å². The van der Waals surface area contributed by atoms with E-state index in [9.17, 15) is 0 Å². The second kappa shape index (κ2) is 6.61. The lowest BCUT2D eigenvalue weighted by molar-refractivity contribution is 0.415. The van der Waals surface area contributed by atoms with Gasteiger partial charge in [-0.25, -0.2) is 9.97 Å². The smallest absolute Gasteiger partial charge is 0.139 e. The van der Waals surface area contributed by atoms with Crippen molar-refractivity contribution in [2.75, 3.05) is 7.11 Å². The van der Waals surface area contributed by atoms with Crippen LogP contribution in [0.5, 0.6) is 5.75 Å². The molecule has 4 rings (SSSR count). The maximum atomic E-state index is 5.20. The molecule has 2 heterocycles. The molecule has 0 aliphatic heterocycles. The highest BCUT2D eigenvalue weighted by molar-refractivity contribution is 5.81. The minimum atomic E-state index is 0.843. The second-order valence-corrected chi connectivity index (χ2v) is 5.59.